The fourth-order valence-electron chi connectivity index (χ4n) is 6.52. The van der Waals surface area contributed by atoms with Crippen molar-refractivity contribution in [3.8, 4) is 17.2 Å². The first-order valence-electron chi connectivity index (χ1n) is 15.2. The molecule has 0 atom stereocenters. The summed E-state index contributed by atoms with van der Waals surface area (Å²) in [5.74, 6) is -12.2. The molecule has 2 fully saturated rings. The molecule has 0 aromatic heterocycles. The van der Waals surface area contributed by atoms with Crippen LogP contribution < -0.4 is 14.2 Å². The molecule has 2 aromatic carbocycles. The van der Waals surface area contributed by atoms with Gasteiger partial charge in [-0.3, -0.25) is 0 Å². The zero-order chi connectivity index (χ0) is 34.5. The quantitative estimate of drug-likeness (QED) is 0.126. The van der Waals surface area contributed by atoms with Crippen molar-refractivity contribution in [1.29, 1.82) is 0 Å². The first-order chi connectivity index (χ1) is 22.1. The number of benzene rings is 2. The number of alkyl halides is 4. The monoisotopic (exact) mass is 686 g/mol. The van der Waals surface area contributed by atoms with Crippen LogP contribution >= 0.6 is 0 Å². The maximum atomic E-state index is 15.1. The summed E-state index contributed by atoms with van der Waals surface area (Å²) >= 11 is 0. The van der Waals surface area contributed by atoms with Gasteiger partial charge in [0.1, 0.15) is 28.7 Å². The normalized spacial score (nSPS) is 22.3. The van der Waals surface area contributed by atoms with Crippen molar-refractivity contribution in [2.45, 2.75) is 83.3 Å². The second-order valence-electron chi connectivity index (χ2n) is 11.9. The fourth-order valence-corrected chi connectivity index (χ4v) is 6.52. The van der Waals surface area contributed by atoms with E-state index in [4.69, 9.17) is 0 Å². The van der Waals surface area contributed by atoms with Crippen LogP contribution in [-0.2, 0) is 6.11 Å². The molecule has 2 aromatic rings. The fraction of sp³-hybridized carbons (Fsp3) is 0.515. The highest BCUT2D eigenvalue weighted by atomic mass is 19.3. The van der Waals surface area contributed by atoms with Crippen molar-refractivity contribution in [2.75, 3.05) is 0 Å². The highest BCUT2D eigenvalue weighted by Crippen LogP contribution is 2.46. The number of halogens is 11. The van der Waals surface area contributed by atoms with Gasteiger partial charge in [-0.1, -0.05) is 25.0 Å². The van der Waals surface area contributed by atoms with Crippen molar-refractivity contribution in [3.05, 3.63) is 77.3 Å². The molecule has 260 valence electrons. The van der Waals surface area contributed by atoms with Gasteiger partial charge in [-0.25, -0.2) is 17.6 Å². The Kier molecular flexibility index (Phi) is 11.8. The van der Waals surface area contributed by atoms with E-state index in [0.717, 1.165) is 38.5 Å². The van der Waals surface area contributed by atoms with Crippen LogP contribution in [-0.4, -0.2) is 6.11 Å². The zero-order valence-corrected chi connectivity index (χ0v) is 25.2. The van der Waals surface area contributed by atoms with Gasteiger partial charge in [0.15, 0.2) is 11.6 Å². The summed E-state index contributed by atoms with van der Waals surface area (Å²) in [6.45, 7) is 1.99. The van der Waals surface area contributed by atoms with E-state index in [2.05, 4.69) is 20.3 Å². The van der Waals surface area contributed by atoms with E-state index in [9.17, 15) is 39.5 Å². The van der Waals surface area contributed by atoms with Gasteiger partial charge >= 0.3 is 24.3 Å². The van der Waals surface area contributed by atoms with E-state index in [1.165, 1.54) is 0 Å². The Morgan fingerprint density at radius 3 is 1.72 bits per heavy atom. The predicted octanol–water partition coefficient (Wildman–Crippen LogP) is 11.7. The number of rotatable bonds is 12. The maximum absolute atomic E-state index is 15.1. The van der Waals surface area contributed by atoms with Gasteiger partial charge in [-0.15, -0.1) is 0 Å². The molecule has 2 aliphatic rings. The van der Waals surface area contributed by atoms with Gasteiger partial charge in [0.05, 0.1) is 5.92 Å². The Morgan fingerprint density at radius 1 is 0.723 bits per heavy atom. The number of allylic oxidation sites excluding steroid dienone is 2. The van der Waals surface area contributed by atoms with Crippen molar-refractivity contribution in [3.63, 3.8) is 0 Å². The summed E-state index contributed by atoms with van der Waals surface area (Å²) in [6, 6.07) is -2.56. The molecule has 2 aliphatic carbocycles. The minimum Gasteiger partial charge on any atom is -0.432 e. The molecule has 0 amide bonds. The molecule has 0 bridgehead atoms. The van der Waals surface area contributed by atoms with Crippen LogP contribution in [0.25, 0.3) is 0 Å². The smallest absolute Gasteiger partial charge is 0.432 e. The molecule has 0 radical (unpaired) electrons. The van der Waals surface area contributed by atoms with Crippen LogP contribution in [0.3, 0.4) is 0 Å². The minimum absolute atomic E-state index is 0.0459. The van der Waals surface area contributed by atoms with Gasteiger partial charge in [0.2, 0.25) is 5.75 Å². The molecule has 0 N–H and O–H groups in total. The lowest BCUT2D eigenvalue weighted by Gasteiger charge is -2.39. The standard InChI is InChI=1S/C33H33F11O3/c1-2-3-4-5-18-6-8-19(9-7-18)20-10-12-21(13-11-20)32(41,42)46-22-14-24(34)28(25(35)15-22)33(43,44)47-23-16-26(36)29(27(37)17-23)45-31(40)30(38)39/h2-3,14-21H,4-13H2,1H3. The summed E-state index contributed by atoms with van der Waals surface area (Å²) in [7, 11) is 0. The van der Waals surface area contributed by atoms with Crippen molar-refractivity contribution >= 4 is 0 Å². The lowest BCUT2D eigenvalue weighted by Crippen LogP contribution is -2.38. The number of hydrogen-bond acceptors (Lipinski definition) is 3. The van der Waals surface area contributed by atoms with E-state index < -0.39 is 76.3 Å². The van der Waals surface area contributed by atoms with E-state index in [0.29, 0.717) is 24.7 Å². The largest absolute Gasteiger partial charge is 0.432 e. The average Bonchev–Trinajstić information content (AvgIpc) is 2.98. The van der Waals surface area contributed by atoms with Crippen molar-refractivity contribution < 1.29 is 62.5 Å². The van der Waals surface area contributed by atoms with Crippen LogP contribution in [0.15, 0.2) is 48.5 Å². The van der Waals surface area contributed by atoms with Gasteiger partial charge in [0, 0.05) is 24.3 Å². The molecule has 2 saturated carbocycles. The van der Waals surface area contributed by atoms with Crippen LogP contribution in [0, 0.1) is 46.9 Å². The summed E-state index contributed by atoms with van der Waals surface area (Å²) in [4.78, 5) is 0. The lowest BCUT2D eigenvalue weighted by molar-refractivity contribution is -0.224. The Morgan fingerprint density at radius 2 is 1.21 bits per heavy atom. The Labute approximate surface area is 264 Å². The van der Waals surface area contributed by atoms with Crippen LogP contribution in [0.5, 0.6) is 17.2 Å². The molecule has 0 aliphatic heterocycles. The summed E-state index contributed by atoms with van der Waals surface area (Å²) < 4.78 is 167. The van der Waals surface area contributed by atoms with Crippen molar-refractivity contribution in [2.24, 2.45) is 23.7 Å². The van der Waals surface area contributed by atoms with E-state index in [-0.39, 0.29) is 43.0 Å². The molecule has 0 unspecified atom stereocenters. The van der Waals surface area contributed by atoms with Gasteiger partial charge in [-0.2, -0.15) is 30.7 Å². The minimum atomic E-state index is -4.98. The second-order valence-corrected chi connectivity index (χ2v) is 11.9. The molecule has 3 nitrogen and oxygen atoms in total. The SMILES string of the molecule is CC=CCCC1CCC(C2CCC(C(F)(F)Oc3cc(F)c(C(F)(F)Oc4cc(F)c(OC(F)=C(F)F)c(F)c4)c(F)c3)CC2)CC1. The topological polar surface area (TPSA) is 27.7 Å². The molecule has 0 heterocycles. The summed E-state index contributed by atoms with van der Waals surface area (Å²) in [5.41, 5.74) is -2.10. The first-order valence-corrected chi connectivity index (χ1v) is 15.2. The Balaban J connectivity index is 1.37. The third-order valence-corrected chi connectivity index (χ3v) is 8.90. The zero-order valence-electron chi connectivity index (χ0n) is 25.2. The molecule has 0 saturated heterocycles. The third kappa shape index (κ3) is 9.13. The van der Waals surface area contributed by atoms with Crippen molar-refractivity contribution in [1.82, 2.24) is 0 Å². The molecule has 14 heteroatoms. The van der Waals surface area contributed by atoms with Gasteiger partial charge in [0.25, 0.3) is 0 Å². The summed E-state index contributed by atoms with van der Waals surface area (Å²) in [6.07, 6.45) is 0.0474. The van der Waals surface area contributed by atoms with Crippen LogP contribution in [0.2, 0.25) is 0 Å². The third-order valence-electron chi connectivity index (χ3n) is 8.90. The molecule has 0 spiro atoms. The summed E-state index contributed by atoms with van der Waals surface area (Å²) in [5, 5.41) is 0. The van der Waals surface area contributed by atoms with Gasteiger partial charge < -0.3 is 14.2 Å². The molecular formula is C33H33F11O3. The average molecular weight is 687 g/mol. The Hall–Kier alpha value is -3.45. The second kappa shape index (κ2) is 15.2. The number of ether oxygens (including phenoxy) is 3. The molecule has 47 heavy (non-hydrogen) atoms. The number of hydrogen-bond donors (Lipinski definition) is 0. The lowest BCUT2D eigenvalue weighted by atomic mass is 9.68. The maximum Gasteiger partial charge on any atom is 0.432 e. The van der Waals surface area contributed by atoms with E-state index in [1.54, 1.807) is 0 Å². The molecule has 4 rings (SSSR count). The highest BCUT2D eigenvalue weighted by molar-refractivity contribution is 5.37. The van der Waals surface area contributed by atoms with E-state index >= 15 is 8.78 Å². The molecular weight excluding hydrogens is 653 g/mol. The highest BCUT2D eigenvalue weighted by Gasteiger charge is 2.46. The van der Waals surface area contributed by atoms with Crippen LogP contribution in [0.4, 0.5) is 48.3 Å². The van der Waals surface area contributed by atoms with Crippen LogP contribution in [0.1, 0.15) is 76.7 Å². The van der Waals surface area contributed by atoms with Gasteiger partial charge in [-0.05, 0) is 76.0 Å². The van der Waals surface area contributed by atoms with E-state index in [1.807, 2.05) is 13.0 Å². The predicted molar refractivity (Wildman–Crippen MR) is 149 cm³/mol. The Bertz CT molecular complexity index is 1390. The first kappa shape index (κ1) is 36.4.